The second kappa shape index (κ2) is 8.30. The van der Waals surface area contributed by atoms with Crippen LogP contribution in [0.3, 0.4) is 0 Å². The van der Waals surface area contributed by atoms with Crippen molar-refractivity contribution in [3.8, 4) is 0 Å². The Kier molecular flexibility index (Phi) is 7.92. The van der Waals surface area contributed by atoms with Crippen LogP contribution in [-0.2, 0) is 9.59 Å². The Morgan fingerprint density at radius 1 is 1.22 bits per heavy atom. The monoisotopic (exact) mass is 273 g/mol. The van der Waals surface area contributed by atoms with Crippen molar-refractivity contribution < 1.29 is 9.59 Å². The van der Waals surface area contributed by atoms with Gasteiger partial charge in [0.2, 0.25) is 5.91 Å². The van der Waals surface area contributed by atoms with Crippen molar-refractivity contribution in [2.24, 2.45) is 5.92 Å². The Labute approximate surface area is 115 Å². The zero-order valence-electron chi connectivity index (χ0n) is 11.9. The summed E-state index contributed by atoms with van der Waals surface area (Å²) in [7, 11) is 0. The van der Waals surface area contributed by atoms with Gasteiger partial charge < -0.3 is 5.32 Å². The smallest absolute Gasteiger partial charge is 0.221 e. The third-order valence-electron chi connectivity index (χ3n) is 2.38. The molecule has 0 aliphatic rings. The van der Waals surface area contributed by atoms with E-state index in [1.807, 2.05) is 34.6 Å². The van der Waals surface area contributed by atoms with Crippen LogP contribution in [-0.4, -0.2) is 23.1 Å². The molecule has 0 heterocycles. The van der Waals surface area contributed by atoms with Crippen LogP contribution in [0.1, 0.15) is 47.5 Å². The fourth-order valence-corrected chi connectivity index (χ4v) is 2.00. The number of halogens is 1. The summed E-state index contributed by atoms with van der Waals surface area (Å²) in [4.78, 5) is 23.2. The van der Waals surface area contributed by atoms with Gasteiger partial charge in [-0.1, -0.05) is 12.5 Å². The molecular weight excluding hydrogens is 250 g/mol. The molecule has 0 aliphatic heterocycles. The molecular formula is C14H24ClNO2. The van der Waals surface area contributed by atoms with E-state index in [0.29, 0.717) is 6.42 Å². The van der Waals surface area contributed by atoms with Crippen molar-refractivity contribution in [1.29, 1.82) is 0 Å². The number of hydrogen-bond donors (Lipinski definition) is 1. The fraction of sp³-hybridized carbons (Fsp3) is 0.714. The fourth-order valence-electron chi connectivity index (χ4n) is 1.59. The number of alkyl halides is 1. The number of ketones is 1. The van der Waals surface area contributed by atoms with Crippen LogP contribution < -0.4 is 5.32 Å². The number of rotatable bonds is 7. The highest BCUT2D eigenvalue weighted by Crippen LogP contribution is 2.16. The minimum absolute atomic E-state index is 0.0631. The van der Waals surface area contributed by atoms with E-state index >= 15 is 0 Å². The maximum Gasteiger partial charge on any atom is 0.221 e. The van der Waals surface area contributed by atoms with Gasteiger partial charge in [0.1, 0.15) is 0 Å². The van der Waals surface area contributed by atoms with E-state index in [1.54, 1.807) is 6.08 Å². The van der Waals surface area contributed by atoms with E-state index in [-0.39, 0.29) is 35.4 Å². The standard InChI is InChI=1S/C14H24ClNO2/c1-9(2)6-13(17)11(5)7-12(15)8-14(18)16-10(3)4/h6,10-12H,7-8H2,1-5H3,(H,16,18). The maximum absolute atomic E-state index is 11.7. The number of nitrogens with one attached hydrogen (secondary N) is 1. The maximum atomic E-state index is 11.7. The van der Waals surface area contributed by atoms with E-state index in [9.17, 15) is 9.59 Å². The van der Waals surface area contributed by atoms with E-state index in [0.717, 1.165) is 5.57 Å². The zero-order chi connectivity index (χ0) is 14.3. The second-order valence-corrected chi connectivity index (χ2v) is 5.90. The molecule has 0 saturated heterocycles. The average Bonchev–Trinajstić information content (AvgIpc) is 2.13. The van der Waals surface area contributed by atoms with Gasteiger partial charge in [0.15, 0.2) is 5.78 Å². The summed E-state index contributed by atoms with van der Waals surface area (Å²) in [6.45, 7) is 9.43. The number of allylic oxidation sites excluding steroid dienone is 2. The van der Waals surface area contributed by atoms with Crippen LogP contribution in [0.2, 0.25) is 0 Å². The Hall–Kier alpha value is -0.830. The summed E-state index contributed by atoms with van der Waals surface area (Å²) in [6, 6.07) is 0.117. The number of carbonyl (C=O) groups is 2. The van der Waals surface area contributed by atoms with Gasteiger partial charge in [0.25, 0.3) is 0 Å². The van der Waals surface area contributed by atoms with Gasteiger partial charge in [-0.2, -0.15) is 0 Å². The molecule has 0 radical (unpaired) electrons. The van der Waals surface area contributed by atoms with Crippen LogP contribution in [0.5, 0.6) is 0 Å². The quantitative estimate of drug-likeness (QED) is 0.572. The number of carbonyl (C=O) groups excluding carboxylic acids is 2. The molecule has 0 aliphatic carbocycles. The molecule has 0 spiro atoms. The highest BCUT2D eigenvalue weighted by Gasteiger charge is 2.18. The van der Waals surface area contributed by atoms with Crippen LogP contribution in [0.4, 0.5) is 0 Å². The molecule has 3 nitrogen and oxygen atoms in total. The molecule has 0 bridgehead atoms. The van der Waals surface area contributed by atoms with Gasteiger partial charge in [-0.25, -0.2) is 0 Å². The van der Waals surface area contributed by atoms with Gasteiger partial charge in [-0.15, -0.1) is 11.6 Å². The van der Waals surface area contributed by atoms with Gasteiger partial charge in [0, 0.05) is 23.8 Å². The normalized spacial score (nSPS) is 13.9. The Bertz CT molecular complexity index is 320. The Morgan fingerprint density at radius 2 is 1.78 bits per heavy atom. The molecule has 2 unspecified atom stereocenters. The molecule has 18 heavy (non-hydrogen) atoms. The molecule has 0 saturated carbocycles. The highest BCUT2D eigenvalue weighted by atomic mass is 35.5. The molecule has 0 fully saturated rings. The van der Waals surface area contributed by atoms with Crippen LogP contribution in [0.25, 0.3) is 0 Å². The summed E-state index contributed by atoms with van der Waals surface area (Å²) < 4.78 is 0. The first-order valence-electron chi connectivity index (χ1n) is 6.34. The zero-order valence-corrected chi connectivity index (χ0v) is 12.7. The summed E-state index contributed by atoms with van der Waals surface area (Å²) >= 11 is 6.10. The van der Waals surface area contributed by atoms with E-state index in [2.05, 4.69) is 5.32 Å². The van der Waals surface area contributed by atoms with Gasteiger partial charge >= 0.3 is 0 Å². The first kappa shape index (κ1) is 17.2. The van der Waals surface area contributed by atoms with Gasteiger partial charge in [-0.3, -0.25) is 9.59 Å². The minimum Gasteiger partial charge on any atom is -0.354 e. The van der Waals surface area contributed by atoms with Crippen LogP contribution in [0, 0.1) is 5.92 Å². The Morgan fingerprint density at radius 3 is 2.22 bits per heavy atom. The predicted octanol–water partition coefficient (Wildman–Crippen LogP) is 3.07. The summed E-state index contributed by atoms with van der Waals surface area (Å²) in [5.74, 6) is -0.133. The summed E-state index contributed by atoms with van der Waals surface area (Å²) in [6.07, 6.45) is 2.41. The molecule has 0 rings (SSSR count). The minimum atomic E-state index is -0.298. The van der Waals surface area contributed by atoms with Crippen molar-refractivity contribution in [2.45, 2.75) is 58.9 Å². The molecule has 0 aromatic heterocycles. The van der Waals surface area contributed by atoms with E-state index in [1.165, 1.54) is 0 Å². The largest absolute Gasteiger partial charge is 0.354 e. The van der Waals surface area contributed by atoms with Crippen LogP contribution in [0.15, 0.2) is 11.6 Å². The van der Waals surface area contributed by atoms with Crippen molar-refractivity contribution in [3.05, 3.63) is 11.6 Å². The highest BCUT2D eigenvalue weighted by molar-refractivity contribution is 6.21. The lowest BCUT2D eigenvalue weighted by atomic mass is 9.97. The lowest BCUT2D eigenvalue weighted by molar-refractivity contribution is -0.122. The molecule has 0 aromatic rings. The first-order valence-corrected chi connectivity index (χ1v) is 6.78. The summed E-state index contributed by atoms with van der Waals surface area (Å²) in [5.41, 5.74) is 0.982. The van der Waals surface area contributed by atoms with Crippen molar-refractivity contribution >= 4 is 23.3 Å². The number of hydrogen-bond acceptors (Lipinski definition) is 2. The lowest BCUT2D eigenvalue weighted by Crippen LogP contribution is -2.32. The molecule has 104 valence electrons. The molecule has 1 amide bonds. The van der Waals surface area contributed by atoms with Crippen molar-refractivity contribution in [2.75, 3.05) is 0 Å². The third-order valence-corrected chi connectivity index (χ3v) is 2.71. The second-order valence-electron chi connectivity index (χ2n) is 5.28. The van der Waals surface area contributed by atoms with Gasteiger partial charge in [-0.05, 0) is 40.2 Å². The lowest BCUT2D eigenvalue weighted by Gasteiger charge is -2.14. The molecule has 4 heteroatoms. The van der Waals surface area contributed by atoms with Crippen LogP contribution >= 0.6 is 11.6 Å². The molecule has 0 aromatic carbocycles. The van der Waals surface area contributed by atoms with E-state index < -0.39 is 0 Å². The molecule has 2 atom stereocenters. The van der Waals surface area contributed by atoms with Gasteiger partial charge in [0.05, 0.1) is 0 Å². The first-order chi connectivity index (χ1) is 8.22. The van der Waals surface area contributed by atoms with Crippen molar-refractivity contribution in [1.82, 2.24) is 5.32 Å². The average molecular weight is 274 g/mol. The third kappa shape index (κ3) is 8.29. The van der Waals surface area contributed by atoms with Crippen molar-refractivity contribution in [3.63, 3.8) is 0 Å². The Balaban J connectivity index is 4.16. The SMILES string of the molecule is CC(C)=CC(=O)C(C)CC(Cl)CC(=O)NC(C)C. The topological polar surface area (TPSA) is 46.2 Å². The molecule has 1 N–H and O–H groups in total. The predicted molar refractivity (Wildman–Crippen MR) is 75.8 cm³/mol. The number of amides is 1. The van der Waals surface area contributed by atoms with E-state index in [4.69, 9.17) is 11.6 Å². The summed E-state index contributed by atoms with van der Waals surface area (Å²) in [5, 5.41) is 2.49.